The second-order valence-corrected chi connectivity index (χ2v) is 4.47. The molecule has 6 nitrogen and oxygen atoms in total. The van der Waals surface area contributed by atoms with Crippen LogP contribution >= 0.6 is 0 Å². The van der Waals surface area contributed by atoms with Gasteiger partial charge in [-0.25, -0.2) is 4.79 Å². The molecule has 0 bridgehead atoms. The SMILES string of the molecule is O=C=C1C=CC=CC1NC(=O)/C=C/c1cccc([N+](=O)[O-])c1. The Hall–Kier alpha value is -3.24. The zero-order valence-electron chi connectivity index (χ0n) is 11.4. The van der Waals surface area contributed by atoms with Crippen LogP contribution in [-0.4, -0.2) is 22.8 Å². The van der Waals surface area contributed by atoms with Gasteiger partial charge in [-0.05, 0) is 17.7 Å². The summed E-state index contributed by atoms with van der Waals surface area (Å²) in [5, 5.41) is 13.3. The Morgan fingerprint density at radius 1 is 1.36 bits per heavy atom. The van der Waals surface area contributed by atoms with Gasteiger partial charge in [0.25, 0.3) is 5.69 Å². The first-order valence-electron chi connectivity index (χ1n) is 6.43. The van der Waals surface area contributed by atoms with Crippen LogP contribution < -0.4 is 5.32 Å². The second kappa shape index (κ2) is 6.97. The molecular weight excluding hydrogens is 284 g/mol. The number of allylic oxidation sites excluding steroid dienone is 2. The van der Waals surface area contributed by atoms with Gasteiger partial charge in [0.05, 0.1) is 16.5 Å². The molecule has 1 N–H and O–H groups in total. The summed E-state index contributed by atoms with van der Waals surface area (Å²) in [6.07, 6.45) is 9.36. The van der Waals surface area contributed by atoms with Crippen LogP contribution in [0.15, 0.2) is 60.2 Å². The van der Waals surface area contributed by atoms with Gasteiger partial charge in [0.1, 0.15) is 5.94 Å². The summed E-state index contributed by atoms with van der Waals surface area (Å²) in [7, 11) is 0. The van der Waals surface area contributed by atoms with E-state index < -0.39 is 16.9 Å². The van der Waals surface area contributed by atoms with Crippen LogP contribution in [0.25, 0.3) is 6.08 Å². The van der Waals surface area contributed by atoms with Gasteiger partial charge < -0.3 is 5.32 Å². The van der Waals surface area contributed by atoms with Crippen molar-refractivity contribution in [3.63, 3.8) is 0 Å². The van der Waals surface area contributed by atoms with Gasteiger partial charge in [0.15, 0.2) is 0 Å². The minimum Gasteiger partial charge on any atom is -0.341 e. The molecule has 0 heterocycles. The molecule has 0 spiro atoms. The number of nitrogens with zero attached hydrogens (tertiary/aromatic N) is 1. The van der Waals surface area contributed by atoms with Crippen LogP contribution in [0.3, 0.4) is 0 Å². The van der Waals surface area contributed by atoms with Gasteiger partial charge in [0, 0.05) is 18.2 Å². The third kappa shape index (κ3) is 3.88. The van der Waals surface area contributed by atoms with E-state index in [9.17, 15) is 19.7 Å². The molecule has 1 amide bonds. The number of carbonyl (C=O) groups is 1. The highest BCUT2D eigenvalue weighted by Crippen LogP contribution is 2.14. The van der Waals surface area contributed by atoms with E-state index in [1.54, 1.807) is 36.3 Å². The van der Waals surface area contributed by atoms with E-state index in [0.717, 1.165) is 0 Å². The fourth-order valence-electron chi connectivity index (χ4n) is 1.88. The van der Waals surface area contributed by atoms with Crippen LogP contribution in [-0.2, 0) is 9.59 Å². The van der Waals surface area contributed by atoms with Crippen molar-refractivity contribution in [3.8, 4) is 0 Å². The summed E-state index contributed by atoms with van der Waals surface area (Å²) in [5.74, 6) is 1.36. The molecule has 0 radical (unpaired) electrons. The van der Waals surface area contributed by atoms with Crippen molar-refractivity contribution < 1.29 is 14.5 Å². The van der Waals surface area contributed by atoms with E-state index in [4.69, 9.17) is 0 Å². The normalized spacial score (nSPS) is 16.5. The molecule has 1 aromatic carbocycles. The Morgan fingerprint density at radius 3 is 2.91 bits per heavy atom. The molecule has 1 unspecified atom stereocenters. The fraction of sp³-hybridized carbons (Fsp3) is 0.0625. The van der Waals surface area contributed by atoms with Crippen molar-refractivity contribution in [2.45, 2.75) is 6.04 Å². The van der Waals surface area contributed by atoms with Crippen LogP contribution in [0.4, 0.5) is 5.69 Å². The molecule has 0 aliphatic heterocycles. The lowest BCUT2D eigenvalue weighted by Crippen LogP contribution is -2.34. The number of rotatable bonds is 4. The molecule has 0 saturated heterocycles. The quantitative estimate of drug-likeness (QED) is 0.398. The molecule has 0 fully saturated rings. The first-order chi connectivity index (χ1) is 10.6. The number of nitrogens with one attached hydrogen (secondary N) is 1. The van der Waals surface area contributed by atoms with Crippen LogP contribution in [0.2, 0.25) is 0 Å². The van der Waals surface area contributed by atoms with Crippen molar-refractivity contribution in [2.24, 2.45) is 0 Å². The standard InChI is InChI=1S/C16H12N2O4/c19-11-13-5-1-2-7-15(13)17-16(20)9-8-12-4-3-6-14(10-12)18(21)22/h1-10,15H,(H,17,20)/b9-8+. The highest BCUT2D eigenvalue weighted by atomic mass is 16.6. The Kier molecular flexibility index (Phi) is 4.80. The average Bonchev–Trinajstić information content (AvgIpc) is 2.53. The Balaban J connectivity index is 2.04. The Morgan fingerprint density at radius 2 is 2.18 bits per heavy atom. The van der Waals surface area contributed by atoms with Gasteiger partial charge in [-0.15, -0.1) is 0 Å². The van der Waals surface area contributed by atoms with Gasteiger partial charge in [0.2, 0.25) is 5.91 Å². The lowest BCUT2D eigenvalue weighted by atomic mass is 10.0. The van der Waals surface area contributed by atoms with Crippen LogP contribution in [0.1, 0.15) is 5.56 Å². The topological polar surface area (TPSA) is 89.3 Å². The number of amides is 1. The number of carbonyl (C=O) groups excluding carboxylic acids is 2. The maximum atomic E-state index is 11.8. The van der Waals surface area contributed by atoms with Gasteiger partial charge in [-0.2, -0.15) is 0 Å². The predicted molar refractivity (Wildman–Crippen MR) is 81.5 cm³/mol. The van der Waals surface area contributed by atoms with Crippen molar-refractivity contribution in [3.05, 3.63) is 75.9 Å². The van der Waals surface area contributed by atoms with Gasteiger partial charge in [-0.1, -0.05) is 30.4 Å². The molecule has 1 aliphatic carbocycles. The maximum Gasteiger partial charge on any atom is 0.270 e. The maximum absolute atomic E-state index is 11.8. The monoisotopic (exact) mass is 296 g/mol. The summed E-state index contributed by atoms with van der Waals surface area (Å²) in [5.41, 5.74) is 0.822. The average molecular weight is 296 g/mol. The molecule has 6 heteroatoms. The molecule has 1 aliphatic rings. The molecule has 1 atom stereocenters. The number of nitro benzene ring substituents is 1. The third-order valence-corrected chi connectivity index (χ3v) is 2.95. The molecular formula is C16H12N2O4. The zero-order chi connectivity index (χ0) is 15.9. The number of hydrogen-bond acceptors (Lipinski definition) is 4. The summed E-state index contributed by atoms with van der Waals surface area (Å²) in [6, 6.07) is 5.40. The fourth-order valence-corrected chi connectivity index (χ4v) is 1.88. The first kappa shape index (κ1) is 15.2. The lowest BCUT2D eigenvalue weighted by Gasteiger charge is -2.14. The molecule has 0 aromatic heterocycles. The van der Waals surface area contributed by atoms with E-state index in [0.29, 0.717) is 11.1 Å². The molecule has 110 valence electrons. The minimum atomic E-state index is -0.523. The summed E-state index contributed by atoms with van der Waals surface area (Å²) < 4.78 is 0. The zero-order valence-corrected chi connectivity index (χ0v) is 11.4. The molecule has 1 aromatic rings. The first-order valence-corrected chi connectivity index (χ1v) is 6.43. The third-order valence-electron chi connectivity index (χ3n) is 2.95. The number of nitro groups is 1. The van der Waals surface area contributed by atoms with Crippen molar-refractivity contribution >= 4 is 23.6 Å². The minimum absolute atomic E-state index is 0.0471. The van der Waals surface area contributed by atoms with E-state index in [2.05, 4.69) is 5.32 Å². The number of benzene rings is 1. The highest BCUT2D eigenvalue weighted by molar-refractivity contribution is 5.92. The number of non-ortho nitro benzene ring substituents is 1. The Labute approximate surface area is 126 Å². The van der Waals surface area contributed by atoms with Crippen LogP contribution in [0.5, 0.6) is 0 Å². The van der Waals surface area contributed by atoms with E-state index in [-0.39, 0.29) is 5.69 Å². The predicted octanol–water partition coefficient (Wildman–Crippen LogP) is 1.98. The summed E-state index contributed by atoms with van der Waals surface area (Å²) in [4.78, 5) is 32.8. The molecule has 22 heavy (non-hydrogen) atoms. The summed E-state index contributed by atoms with van der Waals surface area (Å²) in [6.45, 7) is 0. The lowest BCUT2D eigenvalue weighted by molar-refractivity contribution is -0.384. The van der Waals surface area contributed by atoms with E-state index in [1.807, 2.05) is 0 Å². The van der Waals surface area contributed by atoms with Gasteiger partial charge >= 0.3 is 0 Å². The van der Waals surface area contributed by atoms with Gasteiger partial charge in [-0.3, -0.25) is 14.9 Å². The van der Waals surface area contributed by atoms with Crippen LogP contribution in [0, 0.1) is 10.1 Å². The van der Waals surface area contributed by atoms with Crippen molar-refractivity contribution in [2.75, 3.05) is 0 Å². The highest BCUT2D eigenvalue weighted by Gasteiger charge is 2.13. The van der Waals surface area contributed by atoms with Crippen molar-refractivity contribution in [1.82, 2.24) is 5.32 Å². The number of hydrogen-bond donors (Lipinski definition) is 1. The smallest absolute Gasteiger partial charge is 0.270 e. The molecule has 2 rings (SSSR count). The van der Waals surface area contributed by atoms with Crippen molar-refractivity contribution in [1.29, 1.82) is 0 Å². The van der Waals surface area contributed by atoms with E-state index in [1.165, 1.54) is 30.4 Å². The largest absolute Gasteiger partial charge is 0.341 e. The van der Waals surface area contributed by atoms with E-state index >= 15 is 0 Å². The molecule has 0 saturated carbocycles. The Bertz CT molecular complexity index is 740. The second-order valence-electron chi connectivity index (χ2n) is 4.47. The summed E-state index contributed by atoms with van der Waals surface area (Å²) >= 11 is 0.